The minimum absolute atomic E-state index is 0.349. The van der Waals surface area contributed by atoms with Crippen molar-refractivity contribution in [3.05, 3.63) is 121 Å². The number of carbonyl (C=O) groups is 1. The predicted octanol–water partition coefficient (Wildman–Crippen LogP) is 11.4. The zero-order valence-corrected chi connectivity index (χ0v) is 25.3. The average Bonchev–Trinajstić information content (AvgIpc) is 3.17. The first kappa shape index (κ1) is 27.6. The molecule has 0 unspecified atom stereocenters. The molecule has 0 aliphatic carbocycles. The van der Waals surface area contributed by atoms with Crippen LogP contribution in [-0.2, 0) is 4.74 Å². The molecule has 7 rings (SSSR count). The predicted molar refractivity (Wildman–Crippen MR) is 176 cm³/mol. The summed E-state index contributed by atoms with van der Waals surface area (Å²) in [5, 5.41) is 6.27. The Labute approximate surface area is 255 Å². The smallest absolute Gasteiger partial charge is 0.428 e. The lowest BCUT2D eigenvalue weighted by atomic mass is 9.99. The van der Waals surface area contributed by atoms with Gasteiger partial charge in [0.15, 0.2) is 0 Å². The van der Waals surface area contributed by atoms with Gasteiger partial charge in [0.05, 0.1) is 0 Å². The maximum absolute atomic E-state index is 12.6. The fraction of sp³-hybridized carbons (Fsp3) is 0.108. The van der Waals surface area contributed by atoms with Crippen LogP contribution in [0.25, 0.3) is 54.6 Å². The van der Waals surface area contributed by atoms with Crippen LogP contribution >= 0.6 is 8.24 Å². The van der Waals surface area contributed by atoms with Gasteiger partial charge in [-0.3, -0.25) is 0 Å². The van der Waals surface area contributed by atoms with E-state index in [0.29, 0.717) is 33.8 Å². The molecule has 44 heavy (non-hydrogen) atoms. The molecule has 0 atom stereocenters. The molecule has 1 aromatic heterocycles. The fourth-order valence-electron chi connectivity index (χ4n) is 5.38. The van der Waals surface area contributed by atoms with Gasteiger partial charge in [0, 0.05) is 21.9 Å². The first-order chi connectivity index (χ1) is 21.3. The normalized spacial score (nSPS) is 11.6. The van der Waals surface area contributed by atoms with E-state index >= 15 is 0 Å². The highest BCUT2D eigenvalue weighted by Gasteiger charge is 2.21. The van der Waals surface area contributed by atoms with Crippen LogP contribution in [0.15, 0.2) is 130 Å². The van der Waals surface area contributed by atoms with Crippen molar-refractivity contribution < 1.29 is 27.2 Å². The molecule has 1 heterocycles. The second-order valence-corrected chi connectivity index (χ2v) is 12.4. The summed E-state index contributed by atoms with van der Waals surface area (Å²) in [6, 6.07) is 39.4. The molecule has 0 amide bonds. The third kappa shape index (κ3) is 5.36. The van der Waals surface area contributed by atoms with Crippen LogP contribution in [0.1, 0.15) is 20.8 Å². The third-order valence-corrected chi connectivity index (χ3v) is 8.23. The Morgan fingerprint density at radius 3 is 1.64 bits per heavy atom. The van der Waals surface area contributed by atoms with Crippen molar-refractivity contribution in [2.24, 2.45) is 0 Å². The van der Waals surface area contributed by atoms with E-state index in [1.54, 1.807) is 32.9 Å². The van der Waals surface area contributed by atoms with Crippen molar-refractivity contribution in [3.63, 3.8) is 0 Å². The summed E-state index contributed by atoms with van der Waals surface area (Å²) >= 11 is 0. The Balaban J connectivity index is 1.40. The van der Waals surface area contributed by atoms with Crippen LogP contribution in [0.5, 0.6) is 11.5 Å². The summed E-state index contributed by atoms with van der Waals surface area (Å²) < 4.78 is 30.7. The first-order valence-electron chi connectivity index (χ1n) is 14.3. The van der Waals surface area contributed by atoms with Crippen molar-refractivity contribution in [2.45, 2.75) is 26.4 Å². The number of benzene rings is 6. The standard InChI is InChI=1S/C37H29O6P/c1-37(2,3)40-36(38)39-30-18-10-8-16-28(30)29-17-9-11-19-31(29)41-44-42-32-22-20-24-12-4-6-14-26(24)34(32)35-27-15-7-5-13-25(27)21-23-33(35)43-44/h4-23H,1-3H3. The van der Waals surface area contributed by atoms with Gasteiger partial charge in [-0.05, 0) is 66.6 Å². The van der Waals surface area contributed by atoms with E-state index in [9.17, 15) is 4.79 Å². The van der Waals surface area contributed by atoms with Crippen LogP contribution in [-0.4, -0.2) is 11.8 Å². The van der Waals surface area contributed by atoms with Gasteiger partial charge >= 0.3 is 14.4 Å². The van der Waals surface area contributed by atoms with E-state index in [4.69, 9.17) is 22.4 Å². The van der Waals surface area contributed by atoms with Gasteiger partial charge in [0.1, 0.15) is 28.3 Å². The lowest BCUT2D eigenvalue weighted by Gasteiger charge is -2.19. The molecule has 7 heteroatoms. The molecule has 218 valence electrons. The Morgan fingerprint density at radius 2 is 1.07 bits per heavy atom. The molecular weight excluding hydrogens is 571 g/mol. The quantitative estimate of drug-likeness (QED) is 0.148. The Hall–Kier alpha value is -5.19. The summed E-state index contributed by atoms with van der Waals surface area (Å²) in [4.78, 5) is 12.6. The summed E-state index contributed by atoms with van der Waals surface area (Å²) in [6.45, 7) is 5.38. The monoisotopic (exact) mass is 600 g/mol. The van der Waals surface area contributed by atoms with Crippen molar-refractivity contribution >= 4 is 57.9 Å². The van der Waals surface area contributed by atoms with E-state index < -0.39 is 20.0 Å². The molecule has 0 N–H and O–H groups in total. The van der Waals surface area contributed by atoms with Crippen LogP contribution < -0.4 is 9.26 Å². The van der Waals surface area contributed by atoms with Gasteiger partial charge in [-0.2, -0.15) is 0 Å². The largest absolute Gasteiger partial charge is 0.514 e. The minimum Gasteiger partial charge on any atom is -0.428 e. The van der Waals surface area contributed by atoms with Crippen molar-refractivity contribution in [1.82, 2.24) is 0 Å². The Kier molecular flexibility index (Phi) is 7.00. The number of ether oxygens (including phenoxy) is 2. The van der Waals surface area contributed by atoms with Crippen molar-refractivity contribution in [3.8, 4) is 22.6 Å². The van der Waals surface area contributed by atoms with E-state index in [-0.39, 0.29) is 0 Å². The molecule has 0 aliphatic rings. The zero-order valence-electron chi connectivity index (χ0n) is 24.4. The molecule has 0 spiro atoms. The van der Waals surface area contributed by atoms with Gasteiger partial charge < -0.3 is 22.4 Å². The highest BCUT2D eigenvalue weighted by Crippen LogP contribution is 2.44. The number of fused-ring (bicyclic) bond motifs is 7. The van der Waals surface area contributed by atoms with Crippen molar-refractivity contribution in [2.75, 3.05) is 0 Å². The number of para-hydroxylation sites is 2. The van der Waals surface area contributed by atoms with Crippen molar-refractivity contribution in [1.29, 1.82) is 0 Å². The van der Waals surface area contributed by atoms with Gasteiger partial charge in [0.25, 0.3) is 0 Å². The molecule has 7 aromatic rings. The highest BCUT2D eigenvalue weighted by molar-refractivity contribution is 7.32. The summed E-state index contributed by atoms with van der Waals surface area (Å²) in [6.07, 6.45) is -0.782. The summed E-state index contributed by atoms with van der Waals surface area (Å²) in [5.74, 6) is 0.868. The molecule has 6 nitrogen and oxygen atoms in total. The lowest BCUT2D eigenvalue weighted by Crippen LogP contribution is -2.26. The molecular formula is C37H29O6P. The minimum atomic E-state index is -1.94. The lowest BCUT2D eigenvalue weighted by molar-refractivity contribution is 0.0207. The number of hydrogen-bond donors (Lipinski definition) is 0. The second kappa shape index (κ2) is 11.1. The summed E-state index contributed by atoms with van der Waals surface area (Å²) in [7, 11) is -1.94. The van der Waals surface area contributed by atoms with E-state index in [1.807, 2.05) is 72.8 Å². The summed E-state index contributed by atoms with van der Waals surface area (Å²) in [5.41, 5.74) is 2.04. The van der Waals surface area contributed by atoms with Crippen LogP contribution in [0.2, 0.25) is 0 Å². The Morgan fingerprint density at radius 1 is 0.591 bits per heavy atom. The van der Waals surface area contributed by atoms with Crippen LogP contribution in [0.4, 0.5) is 4.79 Å². The first-order valence-corrected chi connectivity index (χ1v) is 15.4. The molecule has 0 fully saturated rings. The topological polar surface area (TPSA) is 71.0 Å². The maximum Gasteiger partial charge on any atom is 0.514 e. The Bertz CT molecular complexity index is 2130. The van der Waals surface area contributed by atoms with Gasteiger partial charge in [-0.1, -0.05) is 97.1 Å². The third-order valence-electron chi connectivity index (χ3n) is 7.20. The van der Waals surface area contributed by atoms with E-state index in [0.717, 1.165) is 32.3 Å². The molecule has 0 saturated carbocycles. The van der Waals surface area contributed by atoms with E-state index in [2.05, 4.69) is 36.4 Å². The number of hydrogen-bond acceptors (Lipinski definition) is 6. The molecule has 0 bridgehead atoms. The van der Waals surface area contributed by atoms with E-state index in [1.165, 1.54) is 0 Å². The number of carbonyl (C=O) groups excluding carboxylic acids is 1. The molecule has 0 aliphatic heterocycles. The highest BCUT2D eigenvalue weighted by atomic mass is 31.1. The molecule has 0 saturated heterocycles. The zero-order chi connectivity index (χ0) is 30.3. The van der Waals surface area contributed by atoms with Gasteiger partial charge in [-0.15, -0.1) is 0 Å². The SMILES string of the molecule is CC(C)(C)OC(=O)Oc1ccccc1-c1ccccc1Op1oc2ccc3ccccc3c2c2c(ccc3ccccc32)o1. The number of rotatable bonds is 4. The molecule has 0 radical (unpaired) electrons. The second-order valence-electron chi connectivity index (χ2n) is 11.4. The average molecular weight is 601 g/mol. The van der Waals surface area contributed by atoms with Crippen LogP contribution in [0.3, 0.4) is 0 Å². The fourth-order valence-corrected chi connectivity index (χ4v) is 6.43. The maximum atomic E-state index is 12.6. The van der Waals surface area contributed by atoms with Gasteiger partial charge in [-0.25, -0.2) is 4.79 Å². The van der Waals surface area contributed by atoms with Crippen LogP contribution in [0, 0.1) is 0 Å². The van der Waals surface area contributed by atoms with Gasteiger partial charge in [0.2, 0.25) is 0 Å². The molecule has 6 aromatic carbocycles.